The van der Waals surface area contributed by atoms with Crippen LogP contribution in [0.5, 0.6) is 0 Å². The molecular formula is C16H15FN2O5S2. The second-order valence-electron chi connectivity index (χ2n) is 5.40. The first-order chi connectivity index (χ1) is 12.3. The molecule has 1 amide bonds. The molecule has 0 unspecified atom stereocenters. The fourth-order valence-corrected chi connectivity index (χ4v) is 3.99. The van der Waals surface area contributed by atoms with Crippen LogP contribution in [0.2, 0.25) is 0 Å². The number of ether oxygens (including phenoxy) is 1. The van der Waals surface area contributed by atoms with Crippen LogP contribution in [0.4, 0.5) is 9.57 Å². The van der Waals surface area contributed by atoms with Crippen LogP contribution in [0.3, 0.4) is 0 Å². The summed E-state index contributed by atoms with van der Waals surface area (Å²) in [5.41, 5.74) is 0.779. The smallest absolute Gasteiger partial charge is 0.338 e. The number of rotatable bonds is 4. The summed E-state index contributed by atoms with van der Waals surface area (Å²) in [5, 5.41) is 0. The third kappa shape index (κ3) is 3.61. The number of H-pyrrole nitrogens is 1. The number of carbonyl (C=O) groups is 2. The number of hydrogen-bond donors (Lipinski definition) is 1. The van der Waals surface area contributed by atoms with Gasteiger partial charge < -0.3 is 14.6 Å². The van der Waals surface area contributed by atoms with Gasteiger partial charge in [-0.1, -0.05) is 0 Å². The highest BCUT2D eigenvalue weighted by atomic mass is 32.3. The van der Waals surface area contributed by atoms with Crippen molar-refractivity contribution in [3.63, 3.8) is 0 Å². The number of amides is 1. The maximum absolute atomic E-state index is 13.1. The van der Waals surface area contributed by atoms with Crippen LogP contribution in [0.25, 0.3) is 0 Å². The molecule has 10 heteroatoms. The van der Waals surface area contributed by atoms with Gasteiger partial charge in [0.05, 0.1) is 17.9 Å². The number of hydrogen-bond acceptors (Lipinski definition) is 6. The van der Waals surface area contributed by atoms with Gasteiger partial charge in [-0.2, -0.15) is 8.42 Å². The molecule has 1 aliphatic rings. The van der Waals surface area contributed by atoms with Gasteiger partial charge >= 0.3 is 16.2 Å². The Labute approximate surface area is 153 Å². The lowest BCUT2D eigenvalue weighted by molar-refractivity contribution is 0.0526. The summed E-state index contributed by atoms with van der Waals surface area (Å²) in [6.07, 6.45) is 0.928. The van der Waals surface area contributed by atoms with Crippen molar-refractivity contribution in [2.45, 2.75) is 16.7 Å². The van der Waals surface area contributed by atoms with Crippen molar-refractivity contribution in [2.24, 2.45) is 0 Å². The highest BCUT2D eigenvalue weighted by molar-refractivity contribution is 7.99. The number of anilines is 1. The van der Waals surface area contributed by atoms with Crippen LogP contribution in [0.15, 0.2) is 40.3 Å². The van der Waals surface area contributed by atoms with Crippen LogP contribution in [0.1, 0.15) is 27.8 Å². The Morgan fingerprint density at radius 3 is 2.77 bits per heavy atom. The predicted molar refractivity (Wildman–Crippen MR) is 93.9 cm³/mol. The molecule has 0 fully saturated rings. The van der Waals surface area contributed by atoms with E-state index in [2.05, 4.69) is 4.98 Å². The SMILES string of the molecule is CCOC(=O)c1ccc2c(c1)N(C(=O)c1cc(S(=O)(=O)F)c[nH]1)CCS2. The third-order valence-corrected chi connectivity index (χ3v) is 5.59. The molecule has 7 nitrogen and oxygen atoms in total. The summed E-state index contributed by atoms with van der Waals surface area (Å²) in [5.74, 6) is -0.377. The highest BCUT2D eigenvalue weighted by Crippen LogP contribution is 2.36. The van der Waals surface area contributed by atoms with Gasteiger partial charge in [-0.15, -0.1) is 15.6 Å². The molecule has 1 N–H and O–H groups in total. The summed E-state index contributed by atoms with van der Waals surface area (Å²) >= 11 is 1.54. The topological polar surface area (TPSA) is 96.5 Å². The number of thioether (sulfide) groups is 1. The molecule has 3 rings (SSSR count). The first-order valence-corrected chi connectivity index (χ1v) is 10.1. The standard InChI is InChI=1S/C16H15FN2O5S2/c1-2-24-16(21)10-3-4-14-13(7-10)19(5-6-25-14)15(20)12-8-11(9-18-12)26(17,22)23/h3-4,7-9,18H,2,5-6H2,1H3. The average molecular weight is 398 g/mol. The molecule has 1 aliphatic heterocycles. The minimum atomic E-state index is -4.90. The lowest BCUT2D eigenvalue weighted by atomic mass is 10.1. The summed E-state index contributed by atoms with van der Waals surface area (Å²) < 4.78 is 40.0. The van der Waals surface area contributed by atoms with Gasteiger partial charge in [0.2, 0.25) is 0 Å². The van der Waals surface area contributed by atoms with Crippen molar-refractivity contribution in [1.29, 1.82) is 0 Å². The van der Waals surface area contributed by atoms with Crippen molar-refractivity contribution in [3.8, 4) is 0 Å². The maximum atomic E-state index is 13.1. The molecule has 26 heavy (non-hydrogen) atoms. The first kappa shape index (κ1) is 18.5. The van der Waals surface area contributed by atoms with Gasteiger partial charge in [0.25, 0.3) is 5.91 Å². The molecule has 0 atom stereocenters. The monoisotopic (exact) mass is 398 g/mol. The fraction of sp³-hybridized carbons (Fsp3) is 0.250. The van der Waals surface area contributed by atoms with Crippen LogP contribution in [-0.2, 0) is 15.0 Å². The van der Waals surface area contributed by atoms with Crippen molar-refractivity contribution >= 4 is 39.5 Å². The van der Waals surface area contributed by atoms with Crippen molar-refractivity contribution < 1.29 is 26.6 Å². The van der Waals surface area contributed by atoms with E-state index in [0.29, 0.717) is 23.5 Å². The second kappa shape index (κ2) is 7.12. The molecule has 2 aromatic rings. The lowest BCUT2D eigenvalue weighted by Gasteiger charge is -2.29. The number of fused-ring (bicyclic) bond motifs is 1. The summed E-state index contributed by atoms with van der Waals surface area (Å²) in [7, 11) is -4.90. The number of carbonyl (C=O) groups excluding carboxylic acids is 2. The molecule has 138 valence electrons. The number of aromatic amines is 1. The molecule has 0 saturated carbocycles. The molecule has 1 aromatic carbocycles. The minimum Gasteiger partial charge on any atom is -0.462 e. The molecule has 0 bridgehead atoms. The molecule has 0 spiro atoms. The zero-order chi connectivity index (χ0) is 18.9. The Hall–Kier alpha value is -2.33. The van der Waals surface area contributed by atoms with Gasteiger partial charge in [-0.3, -0.25) is 4.79 Å². The van der Waals surface area contributed by atoms with Crippen molar-refractivity contribution in [3.05, 3.63) is 41.7 Å². The number of nitrogens with one attached hydrogen (secondary N) is 1. The normalized spacial score (nSPS) is 14.0. The molecule has 0 saturated heterocycles. The molecule has 0 radical (unpaired) electrons. The largest absolute Gasteiger partial charge is 0.462 e. The number of halogens is 1. The van der Waals surface area contributed by atoms with Gasteiger partial charge in [0, 0.05) is 23.4 Å². The van der Waals surface area contributed by atoms with Crippen LogP contribution < -0.4 is 4.90 Å². The second-order valence-corrected chi connectivity index (χ2v) is 7.88. The van der Waals surface area contributed by atoms with E-state index in [1.54, 1.807) is 25.1 Å². The zero-order valence-corrected chi connectivity index (χ0v) is 15.3. The predicted octanol–water partition coefficient (Wildman–Crippen LogP) is 2.60. The Balaban J connectivity index is 1.95. The van der Waals surface area contributed by atoms with Gasteiger partial charge in [0.15, 0.2) is 0 Å². The Morgan fingerprint density at radius 1 is 1.35 bits per heavy atom. The van der Waals surface area contributed by atoms with E-state index in [0.717, 1.165) is 17.2 Å². The third-order valence-electron chi connectivity index (χ3n) is 3.75. The van der Waals surface area contributed by atoms with Gasteiger partial charge in [0.1, 0.15) is 10.6 Å². The number of esters is 1. The summed E-state index contributed by atoms with van der Waals surface area (Å²) in [4.78, 5) is 28.8. The molecule has 0 aliphatic carbocycles. The van der Waals surface area contributed by atoms with E-state index in [1.165, 1.54) is 16.7 Å². The van der Waals surface area contributed by atoms with Gasteiger partial charge in [-0.25, -0.2) is 4.79 Å². The van der Waals surface area contributed by atoms with Crippen LogP contribution >= 0.6 is 11.8 Å². The fourth-order valence-electron chi connectivity index (χ4n) is 2.55. The van der Waals surface area contributed by atoms with Gasteiger partial charge in [-0.05, 0) is 31.2 Å². The molecule has 1 aromatic heterocycles. The molecular weight excluding hydrogens is 383 g/mol. The molecule has 2 heterocycles. The number of nitrogens with zero attached hydrogens (tertiary/aromatic N) is 1. The Morgan fingerprint density at radius 2 is 2.12 bits per heavy atom. The summed E-state index contributed by atoms with van der Waals surface area (Å²) in [6.45, 7) is 2.29. The lowest BCUT2D eigenvalue weighted by Crippen LogP contribution is -2.35. The van der Waals surface area contributed by atoms with E-state index in [1.807, 2.05) is 0 Å². The zero-order valence-electron chi connectivity index (χ0n) is 13.7. The highest BCUT2D eigenvalue weighted by Gasteiger charge is 2.27. The van der Waals surface area contributed by atoms with E-state index >= 15 is 0 Å². The number of benzene rings is 1. The first-order valence-electron chi connectivity index (χ1n) is 7.70. The van der Waals surface area contributed by atoms with E-state index in [4.69, 9.17) is 4.74 Å². The van der Waals surface area contributed by atoms with Crippen LogP contribution in [-0.4, -0.2) is 44.2 Å². The quantitative estimate of drug-likeness (QED) is 0.628. The Bertz CT molecular complexity index is 971. The van der Waals surface area contributed by atoms with E-state index in [9.17, 15) is 21.9 Å². The van der Waals surface area contributed by atoms with Crippen LogP contribution in [0, 0.1) is 0 Å². The van der Waals surface area contributed by atoms with Crippen molar-refractivity contribution in [2.75, 3.05) is 23.8 Å². The minimum absolute atomic E-state index is 0.0550. The number of aromatic nitrogens is 1. The Kier molecular flexibility index (Phi) is 5.05. The van der Waals surface area contributed by atoms with E-state index in [-0.39, 0.29) is 12.3 Å². The summed E-state index contributed by atoms with van der Waals surface area (Å²) in [6, 6.07) is 5.87. The average Bonchev–Trinajstić information content (AvgIpc) is 3.11. The van der Waals surface area contributed by atoms with E-state index < -0.39 is 27.0 Å². The maximum Gasteiger partial charge on any atom is 0.338 e. The van der Waals surface area contributed by atoms with Crippen molar-refractivity contribution in [1.82, 2.24) is 4.98 Å².